The average Bonchev–Trinajstić information content (AvgIpc) is 2.66. The Labute approximate surface area is 126 Å². The Morgan fingerprint density at radius 2 is 2.26 bits per heavy atom. The van der Waals surface area contributed by atoms with Crippen LogP contribution in [-0.4, -0.2) is 14.8 Å². The molecule has 0 aliphatic carbocycles. The van der Waals surface area contributed by atoms with Gasteiger partial charge in [-0.2, -0.15) is 5.10 Å². The van der Waals surface area contributed by atoms with E-state index in [1.54, 1.807) is 18.3 Å². The van der Waals surface area contributed by atoms with Gasteiger partial charge in [0.1, 0.15) is 0 Å². The van der Waals surface area contributed by atoms with Crippen molar-refractivity contribution in [3.8, 4) is 0 Å². The lowest BCUT2D eigenvalue weighted by Crippen LogP contribution is -2.17. The molecule has 0 saturated heterocycles. The normalized spacial score (nSPS) is 12.7. The summed E-state index contributed by atoms with van der Waals surface area (Å²) in [6.07, 6.45) is 3.23. The van der Waals surface area contributed by atoms with E-state index >= 15 is 0 Å². The highest BCUT2D eigenvalue weighted by molar-refractivity contribution is 9.10. The molecule has 0 amide bonds. The zero-order valence-corrected chi connectivity index (χ0v) is 13.2. The third-order valence-corrected chi connectivity index (χ3v) is 4.29. The van der Waals surface area contributed by atoms with E-state index in [1.165, 1.54) is 0 Å². The van der Waals surface area contributed by atoms with E-state index in [0.717, 1.165) is 28.0 Å². The van der Waals surface area contributed by atoms with Crippen LogP contribution in [0.4, 0.5) is 0 Å². The van der Waals surface area contributed by atoms with Crippen molar-refractivity contribution in [3.63, 3.8) is 0 Å². The lowest BCUT2D eigenvalue weighted by atomic mass is 10.1. The Balaban J connectivity index is 2.27. The number of rotatable bonds is 4. The molecule has 1 atom stereocenters. The molecule has 2 rings (SSSR count). The van der Waals surface area contributed by atoms with Gasteiger partial charge in [-0.05, 0) is 34.5 Å². The zero-order valence-electron chi connectivity index (χ0n) is 10.9. The first-order chi connectivity index (χ1) is 9.04. The number of halogens is 2. The van der Waals surface area contributed by atoms with Crippen LogP contribution in [0.3, 0.4) is 0 Å². The monoisotopic (exact) mass is 342 g/mol. The maximum absolute atomic E-state index is 6.21. The first kappa shape index (κ1) is 14.5. The highest BCUT2D eigenvalue weighted by atomic mass is 79.9. The van der Waals surface area contributed by atoms with Crippen LogP contribution in [0.1, 0.15) is 30.0 Å². The largest absolute Gasteiger partial charge is 0.322 e. The van der Waals surface area contributed by atoms with Crippen molar-refractivity contribution in [2.45, 2.75) is 25.8 Å². The summed E-state index contributed by atoms with van der Waals surface area (Å²) in [7, 11) is 1.92. The van der Waals surface area contributed by atoms with E-state index in [2.05, 4.69) is 32.9 Å². The molecule has 2 aromatic heterocycles. The minimum Gasteiger partial charge on any atom is -0.322 e. The minimum absolute atomic E-state index is 0.245. The number of hydrogen-bond acceptors (Lipinski definition) is 3. The lowest BCUT2D eigenvalue weighted by Gasteiger charge is -2.13. The van der Waals surface area contributed by atoms with Crippen molar-refractivity contribution in [1.29, 1.82) is 0 Å². The topological polar surface area (TPSA) is 56.7 Å². The first-order valence-electron chi connectivity index (χ1n) is 6.10. The molecule has 0 saturated carbocycles. The molecule has 6 heteroatoms. The Hall–Kier alpha value is -0.910. The fourth-order valence-electron chi connectivity index (χ4n) is 2.02. The number of nitrogens with two attached hydrogens (primary N) is 1. The third-order valence-electron chi connectivity index (χ3n) is 3.05. The van der Waals surface area contributed by atoms with Gasteiger partial charge < -0.3 is 5.73 Å². The van der Waals surface area contributed by atoms with Crippen LogP contribution in [0.15, 0.2) is 22.8 Å². The molecule has 2 heterocycles. The van der Waals surface area contributed by atoms with E-state index in [1.807, 2.05) is 11.7 Å². The Morgan fingerprint density at radius 1 is 1.53 bits per heavy atom. The van der Waals surface area contributed by atoms with Gasteiger partial charge in [-0.25, -0.2) is 0 Å². The van der Waals surface area contributed by atoms with Gasteiger partial charge in [0.25, 0.3) is 0 Å². The van der Waals surface area contributed by atoms with Crippen LogP contribution in [0.5, 0.6) is 0 Å². The number of nitrogens with zero attached hydrogens (tertiary/aromatic N) is 3. The molecule has 1 unspecified atom stereocenters. The molecule has 19 heavy (non-hydrogen) atoms. The summed E-state index contributed by atoms with van der Waals surface area (Å²) in [5.74, 6) is 0. The van der Waals surface area contributed by atoms with Crippen LogP contribution in [0, 0.1) is 0 Å². The highest BCUT2D eigenvalue weighted by Crippen LogP contribution is 2.27. The van der Waals surface area contributed by atoms with Gasteiger partial charge in [-0.3, -0.25) is 9.67 Å². The summed E-state index contributed by atoms with van der Waals surface area (Å²) in [5.41, 5.74) is 9.03. The molecule has 0 spiro atoms. The van der Waals surface area contributed by atoms with Crippen molar-refractivity contribution in [2.24, 2.45) is 12.8 Å². The Morgan fingerprint density at radius 3 is 2.84 bits per heavy atom. The molecule has 4 nitrogen and oxygen atoms in total. The van der Waals surface area contributed by atoms with Gasteiger partial charge in [0.05, 0.1) is 32.6 Å². The van der Waals surface area contributed by atoms with Gasteiger partial charge in [0.2, 0.25) is 0 Å². The first-order valence-corrected chi connectivity index (χ1v) is 7.27. The standard InChI is InChI=1S/C13H16BrClN4/c1-3-10-12(14)11(19(2)18-10)7-9(16)13-8(15)5-4-6-17-13/h4-6,9H,3,7,16H2,1-2H3. The number of hydrogen-bond donors (Lipinski definition) is 1. The smallest absolute Gasteiger partial charge is 0.0766 e. The fraction of sp³-hybridized carbons (Fsp3) is 0.385. The summed E-state index contributed by atoms with van der Waals surface area (Å²) in [6, 6.07) is 3.36. The van der Waals surface area contributed by atoms with Crippen molar-refractivity contribution < 1.29 is 0 Å². The van der Waals surface area contributed by atoms with Crippen molar-refractivity contribution in [3.05, 3.63) is 44.9 Å². The molecule has 0 radical (unpaired) electrons. The third kappa shape index (κ3) is 2.99. The van der Waals surface area contributed by atoms with Crippen LogP contribution in [0.25, 0.3) is 0 Å². The van der Waals surface area contributed by atoms with Crippen molar-refractivity contribution >= 4 is 27.5 Å². The Kier molecular flexibility index (Phi) is 4.60. The van der Waals surface area contributed by atoms with Gasteiger partial charge in [0, 0.05) is 19.7 Å². The molecule has 0 aliphatic heterocycles. The predicted molar refractivity (Wildman–Crippen MR) is 80.2 cm³/mol. The summed E-state index contributed by atoms with van der Waals surface area (Å²) in [6.45, 7) is 2.08. The number of aromatic nitrogens is 3. The average molecular weight is 344 g/mol. The maximum Gasteiger partial charge on any atom is 0.0766 e. The highest BCUT2D eigenvalue weighted by Gasteiger charge is 2.18. The zero-order chi connectivity index (χ0) is 14.0. The summed E-state index contributed by atoms with van der Waals surface area (Å²) < 4.78 is 2.89. The molecule has 102 valence electrons. The van der Waals surface area contributed by atoms with Gasteiger partial charge in [0.15, 0.2) is 0 Å². The second kappa shape index (κ2) is 6.03. The number of pyridine rings is 1. The Bertz CT molecular complexity index is 582. The predicted octanol–water partition coefficient (Wildman–Crippen LogP) is 3.04. The van der Waals surface area contributed by atoms with E-state index in [9.17, 15) is 0 Å². The van der Waals surface area contributed by atoms with Crippen LogP contribution < -0.4 is 5.73 Å². The second-order valence-corrected chi connectivity index (χ2v) is 5.57. The minimum atomic E-state index is -0.245. The molecule has 2 aromatic rings. The van der Waals surface area contributed by atoms with Crippen LogP contribution >= 0.6 is 27.5 Å². The molecular weight excluding hydrogens is 328 g/mol. The maximum atomic E-state index is 6.21. The molecule has 2 N–H and O–H groups in total. The summed E-state index contributed by atoms with van der Waals surface area (Å²) in [5, 5.41) is 5.06. The molecule has 0 aromatic carbocycles. The van der Waals surface area contributed by atoms with E-state index in [4.69, 9.17) is 17.3 Å². The van der Waals surface area contributed by atoms with Gasteiger partial charge in [-0.15, -0.1) is 0 Å². The second-order valence-electron chi connectivity index (χ2n) is 4.37. The molecule has 0 bridgehead atoms. The van der Waals surface area contributed by atoms with Gasteiger partial charge >= 0.3 is 0 Å². The van der Waals surface area contributed by atoms with Crippen molar-refractivity contribution in [2.75, 3.05) is 0 Å². The van der Waals surface area contributed by atoms with E-state index in [0.29, 0.717) is 11.4 Å². The van der Waals surface area contributed by atoms with Crippen molar-refractivity contribution in [1.82, 2.24) is 14.8 Å². The SMILES string of the molecule is CCc1nn(C)c(CC(N)c2ncccc2Cl)c1Br. The van der Waals surface area contributed by atoms with E-state index in [-0.39, 0.29) is 6.04 Å². The van der Waals surface area contributed by atoms with Crippen LogP contribution in [0.2, 0.25) is 5.02 Å². The van der Waals surface area contributed by atoms with Gasteiger partial charge in [-0.1, -0.05) is 18.5 Å². The lowest BCUT2D eigenvalue weighted by molar-refractivity contribution is 0.626. The summed E-state index contributed by atoms with van der Waals surface area (Å²) >= 11 is 9.71. The van der Waals surface area contributed by atoms with Crippen LogP contribution in [-0.2, 0) is 19.9 Å². The van der Waals surface area contributed by atoms with E-state index < -0.39 is 0 Å². The molecule has 0 aliphatic rings. The summed E-state index contributed by atoms with van der Waals surface area (Å²) in [4.78, 5) is 4.26. The molecular formula is C13H16BrClN4. The molecule has 0 fully saturated rings. The fourth-order valence-corrected chi connectivity index (χ4v) is 3.06. The quantitative estimate of drug-likeness (QED) is 0.928. The number of aryl methyl sites for hydroxylation is 2.